The summed E-state index contributed by atoms with van der Waals surface area (Å²) in [6.45, 7) is 7.12. The highest BCUT2D eigenvalue weighted by molar-refractivity contribution is 7.99. The van der Waals surface area contributed by atoms with Crippen LogP contribution >= 0.6 is 23.4 Å². The zero-order chi connectivity index (χ0) is 26.3. The van der Waals surface area contributed by atoms with Crippen LogP contribution in [0.15, 0.2) is 52.3 Å². The standard InChI is InChI=1S/C26H33ClF3NO3S/c1-5-13-25(17-32,31-23(33)34-24(2,3)4)14-7-8-18-11-12-21(16-22(18)27)35-20-10-6-9-19(15-20)26(28,29)30/h6,9-12,15-16,32H,5,7-8,13-14,17H2,1-4H3,(H,31,33)/t25-/m1/s1. The Labute approximate surface area is 214 Å². The van der Waals surface area contributed by atoms with E-state index in [-0.39, 0.29) is 6.61 Å². The number of alkyl halides is 3. The Morgan fingerprint density at radius 1 is 1.09 bits per heavy atom. The van der Waals surface area contributed by atoms with Gasteiger partial charge >= 0.3 is 12.3 Å². The highest BCUT2D eigenvalue weighted by Crippen LogP contribution is 2.36. The number of carbonyl (C=O) groups excluding carboxylic acids is 1. The van der Waals surface area contributed by atoms with Crippen LogP contribution in [0.1, 0.15) is 64.5 Å². The number of hydrogen-bond acceptors (Lipinski definition) is 4. The molecule has 0 radical (unpaired) electrons. The van der Waals surface area contributed by atoms with Gasteiger partial charge in [0.15, 0.2) is 0 Å². The van der Waals surface area contributed by atoms with Gasteiger partial charge in [0.2, 0.25) is 0 Å². The van der Waals surface area contributed by atoms with E-state index in [4.69, 9.17) is 16.3 Å². The highest BCUT2D eigenvalue weighted by atomic mass is 35.5. The molecule has 0 aliphatic heterocycles. The molecule has 194 valence electrons. The molecule has 0 fully saturated rings. The molecule has 2 aromatic rings. The summed E-state index contributed by atoms with van der Waals surface area (Å²) in [6, 6.07) is 10.6. The number of amides is 1. The van der Waals surface area contributed by atoms with Crippen LogP contribution in [0.2, 0.25) is 5.02 Å². The Hall–Kier alpha value is -1.90. The molecule has 4 nitrogen and oxygen atoms in total. The maximum Gasteiger partial charge on any atom is 0.416 e. The fraction of sp³-hybridized carbons (Fsp3) is 0.500. The van der Waals surface area contributed by atoms with Crippen LogP contribution in [0.5, 0.6) is 0 Å². The second-order valence-corrected chi connectivity index (χ2v) is 11.1. The van der Waals surface area contributed by atoms with Crippen molar-refractivity contribution in [2.24, 2.45) is 0 Å². The zero-order valence-electron chi connectivity index (χ0n) is 20.5. The summed E-state index contributed by atoms with van der Waals surface area (Å²) in [7, 11) is 0. The first-order valence-electron chi connectivity index (χ1n) is 11.5. The number of aryl methyl sites for hydroxylation is 1. The summed E-state index contributed by atoms with van der Waals surface area (Å²) < 4.78 is 44.3. The average Bonchev–Trinajstić information content (AvgIpc) is 2.73. The quantitative estimate of drug-likeness (QED) is 0.327. The summed E-state index contributed by atoms with van der Waals surface area (Å²) >= 11 is 7.68. The van der Waals surface area contributed by atoms with E-state index in [9.17, 15) is 23.1 Å². The van der Waals surface area contributed by atoms with Crippen LogP contribution in [-0.2, 0) is 17.3 Å². The van der Waals surface area contributed by atoms with Gasteiger partial charge in [0.1, 0.15) is 5.60 Å². The maximum absolute atomic E-state index is 13.0. The van der Waals surface area contributed by atoms with Crippen molar-refractivity contribution in [3.8, 4) is 0 Å². The van der Waals surface area contributed by atoms with E-state index in [0.717, 1.165) is 29.0 Å². The largest absolute Gasteiger partial charge is 0.444 e. The molecule has 0 saturated carbocycles. The van der Waals surface area contributed by atoms with Gasteiger partial charge in [-0.3, -0.25) is 0 Å². The lowest BCUT2D eigenvalue weighted by Gasteiger charge is -2.34. The minimum Gasteiger partial charge on any atom is -0.444 e. The van der Waals surface area contributed by atoms with E-state index >= 15 is 0 Å². The Bertz CT molecular complexity index is 995. The van der Waals surface area contributed by atoms with Crippen LogP contribution in [0, 0.1) is 0 Å². The van der Waals surface area contributed by atoms with Crippen LogP contribution in [0.25, 0.3) is 0 Å². The van der Waals surface area contributed by atoms with Gasteiger partial charge in [-0.25, -0.2) is 4.79 Å². The Morgan fingerprint density at radius 3 is 2.34 bits per heavy atom. The van der Waals surface area contributed by atoms with E-state index in [2.05, 4.69) is 5.32 Å². The van der Waals surface area contributed by atoms with Gasteiger partial charge in [-0.2, -0.15) is 13.2 Å². The molecule has 2 N–H and O–H groups in total. The lowest BCUT2D eigenvalue weighted by molar-refractivity contribution is -0.137. The lowest BCUT2D eigenvalue weighted by Crippen LogP contribution is -2.52. The number of aliphatic hydroxyl groups is 1. The van der Waals surface area contributed by atoms with E-state index in [1.807, 2.05) is 19.1 Å². The number of carbonyl (C=O) groups is 1. The number of benzene rings is 2. The lowest BCUT2D eigenvalue weighted by atomic mass is 9.88. The Morgan fingerprint density at radius 2 is 1.77 bits per heavy atom. The van der Waals surface area contributed by atoms with Crippen molar-refractivity contribution in [3.05, 3.63) is 58.6 Å². The van der Waals surface area contributed by atoms with Crippen molar-refractivity contribution < 1.29 is 27.8 Å². The number of nitrogens with one attached hydrogen (secondary N) is 1. The highest BCUT2D eigenvalue weighted by Gasteiger charge is 2.32. The predicted molar refractivity (Wildman–Crippen MR) is 134 cm³/mol. The SMILES string of the molecule is CCC[C@](CO)(CCCc1ccc(Sc2cccc(C(F)(F)F)c2)cc1Cl)NC(=O)OC(C)(C)C. The minimum atomic E-state index is -4.39. The molecular formula is C26H33ClF3NO3S. The summed E-state index contributed by atoms with van der Waals surface area (Å²) in [5.74, 6) is 0. The number of hydrogen-bond donors (Lipinski definition) is 2. The molecule has 2 aromatic carbocycles. The first-order valence-corrected chi connectivity index (χ1v) is 12.7. The average molecular weight is 532 g/mol. The van der Waals surface area contributed by atoms with Crippen LogP contribution in [0.3, 0.4) is 0 Å². The molecule has 0 aliphatic rings. The second kappa shape index (κ2) is 12.4. The van der Waals surface area contributed by atoms with Gasteiger partial charge in [-0.15, -0.1) is 0 Å². The first kappa shape index (κ1) is 29.3. The number of rotatable bonds is 10. The van der Waals surface area contributed by atoms with Gasteiger partial charge in [0, 0.05) is 14.8 Å². The Kier molecular flexibility index (Phi) is 10.4. The van der Waals surface area contributed by atoms with Crippen LogP contribution in [-0.4, -0.2) is 28.9 Å². The topological polar surface area (TPSA) is 58.6 Å². The fourth-order valence-corrected chi connectivity index (χ4v) is 4.99. The van der Waals surface area contributed by atoms with Gasteiger partial charge < -0.3 is 15.2 Å². The summed E-state index contributed by atoms with van der Waals surface area (Å²) in [6.07, 6.45) is -1.76. The minimum absolute atomic E-state index is 0.208. The molecule has 9 heteroatoms. The van der Waals surface area contributed by atoms with E-state index in [1.165, 1.54) is 17.8 Å². The fourth-order valence-electron chi connectivity index (χ4n) is 3.73. The van der Waals surface area contributed by atoms with Gasteiger partial charge in [0.05, 0.1) is 17.7 Å². The third kappa shape index (κ3) is 9.58. The van der Waals surface area contributed by atoms with E-state index in [0.29, 0.717) is 35.6 Å². The van der Waals surface area contributed by atoms with Crippen molar-refractivity contribution in [2.75, 3.05) is 6.61 Å². The van der Waals surface area contributed by atoms with Gasteiger partial charge in [-0.05, 0) is 82.3 Å². The molecule has 1 amide bonds. The summed E-state index contributed by atoms with van der Waals surface area (Å²) in [4.78, 5) is 13.5. The van der Waals surface area contributed by atoms with E-state index in [1.54, 1.807) is 32.9 Å². The number of alkyl carbamates (subject to hydrolysis) is 1. The summed E-state index contributed by atoms with van der Waals surface area (Å²) in [5.41, 5.74) is -1.23. The molecular weight excluding hydrogens is 499 g/mol. The van der Waals surface area contributed by atoms with Gasteiger partial charge in [-0.1, -0.05) is 48.8 Å². The molecule has 0 unspecified atom stereocenters. The normalized spacial score (nSPS) is 13.9. The van der Waals surface area contributed by atoms with Crippen molar-refractivity contribution in [2.45, 2.75) is 86.9 Å². The molecule has 0 aromatic heterocycles. The maximum atomic E-state index is 13.0. The molecule has 0 spiro atoms. The van der Waals surface area contributed by atoms with Gasteiger partial charge in [0.25, 0.3) is 0 Å². The van der Waals surface area contributed by atoms with Crippen molar-refractivity contribution in [1.29, 1.82) is 0 Å². The molecule has 35 heavy (non-hydrogen) atoms. The predicted octanol–water partition coefficient (Wildman–Crippen LogP) is 7.89. The molecule has 0 heterocycles. The number of aliphatic hydroxyl groups excluding tert-OH is 1. The molecule has 0 bridgehead atoms. The van der Waals surface area contributed by atoms with Crippen LogP contribution < -0.4 is 5.32 Å². The smallest absolute Gasteiger partial charge is 0.416 e. The summed E-state index contributed by atoms with van der Waals surface area (Å²) in [5, 5.41) is 13.5. The van der Waals surface area contributed by atoms with E-state index < -0.39 is 29.0 Å². The first-order chi connectivity index (χ1) is 16.3. The Balaban J connectivity index is 2.03. The van der Waals surface area contributed by atoms with Crippen molar-refractivity contribution in [1.82, 2.24) is 5.32 Å². The second-order valence-electron chi connectivity index (χ2n) is 9.55. The van der Waals surface area contributed by atoms with Crippen LogP contribution in [0.4, 0.5) is 18.0 Å². The molecule has 2 rings (SSSR count). The third-order valence-corrected chi connectivity index (χ3v) is 6.65. The molecule has 0 aliphatic carbocycles. The zero-order valence-corrected chi connectivity index (χ0v) is 22.0. The third-order valence-electron chi connectivity index (χ3n) is 5.32. The molecule has 1 atom stereocenters. The van der Waals surface area contributed by atoms with Crippen molar-refractivity contribution >= 4 is 29.5 Å². The number of halogens is 4. The number of ether oxygens (including phenoxy) is 1. The molecule has 0 saturated heterocycles. The van der Waals surface area contributed by atoms with Crippen molar-refractivity contribution in [3.63, 3.8) is 0 Å². The monoisotopic (exact) mass is 531 g/mol.